The van der Waals surface area contributed by atoms with Gasteiger partial charge in [0.25, 0.3) is 0 Å². The Bertz CT molecular complexity index is 393. The second-order valence-electron chi connectivity index (χ2n) is 4.95. The van der Waals surface area contributed by atoms with Gasteiger partial charge in [0, 0.05) is 12.6 Å². The van der Waals surface area contributed by atoms with Gasteiger partial charge in [-0.3, -0.25) is 4.90 Å². The first-order valence-electron chi connectivity index (χ1n) is 6.58. The molecule has 1 unspecified atom stereocenters. The van der Waals surface area contributed by atoms with Crippen LogP contribution in [0, 0.1) is 0 Å². The summed E-state index contributed by atoms with van der Waals surface area (Å²) in [6.45, 7) is 2.87. The molecule has 1 aromatic rings. The van der Waals surface area contributed by atoms with Crippen molar-refractivity contribution >= 4 is 23.2 Å². The van der Waals surface area contributed by atoms with Crippen LogP contribution in [0.2, 0.25) is 10.0 Å². The molecule has 0 aliphatic carbocycles. The van der Waals surface area contributed by atoms with Gasteiger partial charge in [-0.05, 0) is 50.0 Å². The van der Waals surface area contributed by atoms with E-state index in [0.717, 1.165) is 26.1 Å². The molecule has 0 amide bonds. The Morgan fingerprint density at radius 1 is 1.22 bits per heavy atom. The Morgan fingerprint density at radius 2 is 2.06 bits per heavy atom. The predicted molar refractivity (Wildman–Crippen MR) is 78.2 cm³/mol. The minimum Gasteiger partial charge on any atom is -0.330 e. The number of nitrogens with two attached hydrogens (primary N) is 1. The molecule has 1 atom stereocenters. The smallest absolute Gasteiger partial charge is 0.0595 e. The summed E-state index contributed by atoms with van der Waals surface area (Å²) in [5.74, 6) is 0. The summed E-state index contributed by atoms with van der Waals surface area (Å²) in [5, 5.41) is 1.26. The molecule has 0 saturated carbocycles. The van der Waals surface area contributed by atoms with E-state index in [1.807, 2.05) is 12.1 Å². The van der Waals surface area contributed by atoms with Crippen molar-refractivity contribution in [3.8, 4) is 0 Å². The molecule has 2 N–H and O–H groups in total. The SMILES string of the molecule is NCCC1CCCCN1Cc1ccc(Cl)c(Cl)c1. The summed E-state index contributed by atoms with van der Waals surface area (Å²) in [4.78, 5) is 2.52. The third-order valence-electron chi connectivity index (χ3n) is 3.62. The van der Waals surface area contributed by atoms with Crippen LogP contribution in [0.1, 0.15) is 31.2 Å². The molecule has 0 radical (unpaired) electrons. The van der Waals surface area contributed by atoms with E-state index >= 15 is 0 Å². The molecule has 2 nitrogen and oxygen atoms in total. The van der Waals surface area contributed by atoms with Crippen molar-refractivity contribution < 1.29 is 0 Å². The van der Waals surface area contributed by atoms with Gasteiger partial charge in [0.2, 0.25) is 0 Å². The highest BCUT2D eigenvalue weighted by Crippen LogP contribution is 2.26. The normalized spacial score (nSPS) is 21.2. The number of hydrogen-bond donors (Lipinski definition) is 1. The van der Waals surface area contributed by atoms with Gasteiger partial charge in [-0.2, -0.15) is 0 Å². The Kier molecular flexibility index (Phi) is 5.31. The van der Waals surface area contributed by atoms with Gasteiger partial charge < -0.3 is 5.73 Å². The van der Waals surface area contributed by atoms with Crippen LogP contribution in [0.25, 0.3) is 0 Å². The summed E-state index contributed by atoms with van der Waals surface area (Å²) in [6, 6.07) is 6.53. The summed E-state index contributed by atoms with van der Waals surface area (Å²) < 4.78 is 0. The highest BCUT2D eigenvalue weighted by atomic mass is 35.5. The predicted octanol–water partition coefficient (Wildman–Crippen LogP) is 3.70. The fraction of sp³-hybridized carbons (Fsp3) is 0.571. The lowest BCUT2D eigenvalue weighted by molar-refractivity contribution is 0.134. The first-order chi connectivity index (χ1) is 8.70. The maximum Gasteiger partial charge on any atom is 0.0595 e. The highest BCUT2D eigenvalue weighted by molar-refractivity contribution is 6.42. The lowest BCUT2D eigenvalue weighted by atomic mass is 9.98. The molecule has 0 spiro atoms. The third kappa shape index (κ3) is 3.61. The molecule has 4 heteroatoms. The molecule has 2 rings (SSSR count). The van der Waals surface area contributed by atoms with Crippen LogP contribution < -0.4 is 5.73 Å². The van der Waals surface area contributed by atoms with E-state index in [4.69, 9.17) is 28.9 Å². The number of nitrogens with zero attached hydrogens (tertiary/aromatic N) is 1. The topological polar surface area (TPSA) is 29.3 Å². The Hall–Kier alpha value is -0.280. The number of benzene rings is 1. The molecule has 100 valence electrons. The molecular formula is C14H20Cl2N2. The van der Waals surface area contributed by atoms with E-state index in [2.05, 4.69) is 11.0 Å². The minimum absolute atomic E-state index is 0.623. The van der Waals surface area contributed by atoms with Crippen LogP contribution in [-0.4, -0.2) is 24.0 Å². The van der Waals surface area contributed by atoms with Crippen molar-refractivity contribution in [2.75, 3.05) is 13.1 Å². The van der Waals surface area contributed by atoms with Crippen molar-refractivity contribution in [2.24, 2.45) is 5.73 Å². The highest BCUT2D eigenvalue weighted by Gasteiger charge is 2.21. The lowest BCUT2D eigenvalue weighted by Crippen LogP contribution is -2.40. The van der Waals surface area contributed by atoms with Crippen LogP contribution in [0.4, 0.5) is 0 Å². The van der Waals surface area contributed by atoms with Gasteiger partial charge in [-0.25, -0.2) is 0 Å². The molecule has 0 aromatic heterocycles. The molecule has 0 bridgehead atoms. The monoisotopic (exact) mass is 286 g/mol. The second-order valence-corrected chi connectivity index (χ2v) is 5.76. The zero-order valence-corrected chi connectivity index (χ0v) is 12.1. The summed E-state index contributed by atoms with van der Waals surface area (Å²) in [7, 11) is 0. The zero-order chi connectivity index (χ0) is 13.0. The number of rotatable bonds is 4. The molecule has 1 aliphatic rings. The second kappa shape index (κ2) is 6.76. The first-order valence-corrected chi connectivity index (χ1v) is 7.34. The third-order valence-corrected chi connectivity index (χ3v) is 4.36. The summed E-state index contributed by atoms with van der Waals surface area (Å²) >= 11 is 12.0. The lowest BCUT2D eigenvalue weighted by Gasteiger charge is -2.35. The van der Waals surface area contributed by atoms with E-state index in [-0.39, 0.29) is 0 Å². The molecule has 1 aromatic carbocycles. The van der Waals surface area contributed by atoms with Gasteiger partial charge in [0.05, 0.1) is 10.0 Å². The van der Waals surface area contributed by atoms with E-state index in [1.165, 1.54) is 24.8 Å². The number of piperidine rings is 1. The molecule has 1 saturated heterocycles. The standard InChI is InChI=1S/C14H20Cl2N2/c15-13-5-4-11(9-14(13)16)10-18-8-2-1-3-12(18)6-7-17/h4-5,9,12H,1-3,6-8,10,17H2. The van der Waals surface area contributed by atoms with Crippen LogP contribution in [0.5, 0.6) is 0 Å². The van der Waals surface area contributed by atoms with Crippen LogP contribution >= 0.6 is 23.2 Å². The van der Waals surface area contributed by atoms with Crippen molar-refractivity contribution in [1.82, 2.24) is 4.90 Å². The number of likely N-dealkylation sites (tertiary alicyclic amines) is 1. The quantitative estimate of drug-likeness (QED) is 0.915. The Labute approximate surface area is 119 Å². The minimum atomic E-state index is 0.623. The summed E-state index contributed by atoms with van der Waals surface area (Å²) in [6.07, 6.45) is 4.95. The van der Waals surface area contributed by atoms with Gasteiger partial charge in [-0.1, -0.05) is 35.7 Å². The first kappa shape index (κ1) is 14.1. The summed E-state index contributed by atoms with van der Waals surface area (Å²) in [5.41, 5.74) is 6.92. The van der Waals surface area contributed by atoms with Crippen LogP contribution in [0.3, 0.4) is 0 Å². The van der Waals surface area contributed by atoms with E-state index in [0.29, 0.717) is 16.1 Å². The van der Waals surface area contributed by atoms with Gasteiger partial charge in [0.15, 0.2) is 0 Å². The van der Waals surface area contributed by atoms with Crippen molar-refractivity contribution in [1.29, 1.82) is 0 Å². The van der Waals surface area contributed by atoms with Gasteiger partial charge in [-0.15, -0.1) is 0 Å². The van der Waals surface area contributed by atoms with E-state index < -0.39 is 0 Å². The van der Waals surface area contributed by atoms with Crippen molar-refractivity contribution in [2.45, 2.75) is 38.3 Å². The maximum absolute atomic E-state index is 6.06. The van der Waals surface area contributed by atoms with Gasteiger partial charge in [0.1, 0.15) is 0 Å². The zero-order valence-electron chi connectivity index (χ0n) is 10.5. The molecule has 1 aliphatic heterocycles. The Morgan fingerprint density at radius 3 is 2.78 bits per heavy atom. The van der Waals surface area contributed by atoms with Crippen LogP contribution in [0.15, 0.2) is 18.2 Å². The van der Waals surface area contributed by atoms with Crippen molar-refractivity contribution in [3.05, 3.63) is 33.8 Å². The fourth-order valence-corrected chi connectivity index (χ4v) is 2.98. The molecular weight excluding hydrogens is 267 g/mol. The van der Waals surface area contributed by atoms with E-state index in [1.54, 1.807) is 0 Å². The average molecular weight is 287 g/mol. The van der Waals surface area contributed by atoms with E-state index in [9.17, 15) is 0 Å². The average Bonchev–Trinajstić information content (AvgIpc) is 2.37. The van der Waals surface area contributed by atoms with Crippen LogP contribution in [-0.2, 0) is 6.54 Å². The largest absolute Gasteiger partial charge is 0.330 e. The Balaban J connectivity index is 2.03. The molecule has 1 fully saturated rings. The van der Waals surface area contributed by atoms with Crippen molar-refractivity contribution in [3.63, 3.8) is 0 Å². The number of halogens is 2. The number of hydrogen-bond acceptors (Lipinski definition) is 2. The fourth-order valence-electron chi connectivity index (χ4n) is 2.66. The molecule has 1 heterocycles. The maximum atomic E-state index is 6.06. The van der Waals surface area contributed by atoms with Gasteiger partial charge >= 0.3 is 0 Å². The molecule has 18 heavy (non-hydrogen) atoms.